The molecule has 2 aromatic rings. The second-order valence-corrected chi connectivity index (χ2v) is 12.4. The van der Waals surface area contributed by atoms with E-state index in [9.17, 15) is 10.5 Å². The minimum absolute atomic E-state index is 0.129. The van der Waals surface area contributed by atoms with Gasteiger partial charge in [-0.3, -0.25) is 17.9 Å². The molecule has 5 heterocycles. The summed E-state index contributed by atoms with van der Waals surface area (Å²) in [4.78, 5) is 17.4. The largest absolute Gasteiger partial charge is 0.437 e. The van der Waals surface area contributed by atoms with Crippen molar-refractivity contribution >= 4 is 23.3 Å². The smallest absolute Gasteiger partial charge is 0.184 e. The summed E-state index contributed by atoms with van der Waals surface area (Å²) in [6, 6.07) is 24.4. The summed E-state index contributed by atoms with van der Waals surface area (Å²) in [5.41, 5.74) is 6.76. The molecular formula is C38H34N10-2. The number of nitrogens with zero attached hydrogens (tertiary/aromatic N) is 10. The summed E-state index contributed by atoms with van der Waals surface area (Å²) >= 11 is 0. The highest BCUT2D eigenvalue weighted by Crippen LogP contribution is 2.48. The van der Waals surface area contributed by atoms with Gasteiger partial charge in [0.2, 0.25) is 0 Å². The number of fused-ring (bicyclic) bond motifs is 2. The molecule has 5 aliphatic heterocycles. The second-order valence-electron chi connectivity index (χ2n) is 12.4. The SMILES string of the molecule is [C-]#[N+][C-]1C=[N+]([C-]2C=C[CH-]C=C2)CN1C1=C2CCN(CCN3CN(c4ccccc4)C=C3C#N)CCN3C(C#N)=CN(c4ccccc41)C23. The lowest BCUT2D eigenvalue weighted by Gasteiger charge is -2.46. The van der Waals surface area contributed by atoms with Crippen LogP contribution >= 0.6 is 0 Å². The van der Waals surface area contributed by atoms with Crippen LogP contribution in [0.4, 0.5) is 11.4 Å². The van der Waals surface area contributed by atoms with Gasteiger partial charge < -0.3 is 33.9 Å². The minimum atomic E-state index is -0.129. The average Bonchev–Trinajstić information content (AvgIpc) is 3.86. The third-order valence-corrected chi connectivity index (χ3v) is 9.80. The summed E-state index contributed by atoms with van der Waals surface area (Å²) in [5, 5.41) is 20.2. The molecule has 10 nitrogen and oxygen atoms in total. The van der Waals surface area contributed by atoms with Crippen LogP contribution < -0.4 is 9.80 Å². The maximum Gasteiger partial charge on any atom is 0.184 e. The highest BCUT2D eigenvalue weighted by molar-refractivity contribution is 5.88. The molecule has 1 unspecified atom stereocenters. The molecule has 1 saturated heterocycles. The number of nitriles is 2. The van der Waals surface area contributed by atoms with Gasteiger partial charge in [-0.2, -0.15) is 22.7 Å². The highest BCUT2D eigenvalue weighted by atomic mass is 15.4. The molecule has 0 aromatic heterocycles. The van der Waals surface area contributed by atoms with Crippen molar-refractivity contribution in [2.24, 2.45) is 0 Å². The molecule has 0 saturated carbocycles. The van der Waals surface area contributed by atoms with Crippen LogP contribution in [0.2, 0.25) is 0 Å². The van der Waals surface area contributed by atoms with Crippen LogP contribution in [0.15, 0.2) is 108 Å². The van der Waals surface area contributed by atoms with E-state index in [0.29, 0.717) is 37.4 Å². The maximum atomic E-state index is 10.3. The summed E-state index contributed by atoms with van der Waals surface area (Å²) in [6.07, 6.45) is 17.3. The lowest BCUT2D eigenvalue weighted by atomic mass is 9.92. The molecule has 2 aromatic carbocycles. The van der Waals surface area contributed by atoms with Crippen LogP contribution in [0, 0.1) is 47.9 Å². The topological polar surface area (TPSA) is 74.4 Å². The van der Waals surface area contributed by atoms with E-state index in [1.165, 1.54) is 5.57 Å². The Bertz CT molecular complexity index is 1900. The van der Waals surface area contributed by atoms with E-state index in [2.05, 4.69) is 93.4 Å². The van der Waals surface area contributed by atoms with Crippen molar-refractivity contribution in [3.8, 4) is 12.1 Å². The highest BCUT2D eigenvalue weighted by Gasteiger charge is 2.44. The van der Waals surface area contributed by atoms with E-state index in [0.717, 1.165) is 61.3 Å². The number of benzene rings is 2. The maximum absolute atomic E-state index is 10.3. The monoisotopic (exact) mass is 630 g/mol. The zero-order chi connectivity index (χ0) is 32.6. The van der Waals surface area contributed by atoms with E-state index < -0.39 is 0 Å². The molecule has 0 N–H and O–H groups in total. The van der Waals surface area contributed by atoms with Gasteiger partial charge >= 0.3 is 0 Å². The average molecular weight is 631 g/mol. The molecule has 8 rings (SSSR count). The van der Waals surface area contributed by atoms with Crippen molar-refractivity contribution in [3.05, 3.63) is 144 Å². The Hall–Kier alpha value is -6.15. The van der Waals surface area contributed by atoms with E-state index >= 15 is 0 Å². The second kappa shape index (κ2) is 12.2. The van der Waals surface area contributed by atoms with Crippen LogP contribution in [-0.2, 0) is 0 Å². The molecule has 1 atom stereocenters. The summed E-state index contributed by atoms with van der Waals surface area (Å²) < 4.78 is 2.13. The van der Waals surface area contributed by atoms with E-state index in [4.69, 9.17) is 6.57 Å². The Morgan fingerprint density at radius 1 is 0.938 bits per heavy atom. The fraction of sp³-hybridized carbons (Fsp3) is 0.237. The van der Waals surface area contributed by atoms with Crippen LogP contribution in [-0.4, -0.2) is 82.6 Å². The fourth-order valence-electron chi connectivity index (χ4n) is 7.46. The van der Waals surface area contributed by atoms with Crippen molar-refractivity contribution in [2.75, 3.05) is 55.9 Å². The van der Waals surface area contributed by atoms with Crippen molar-refractivity contribution in [1.82, 2.24) is 19.6 Å². The number of para-hydroxylation sites is 2. The summed E-state index contributed by atoms with van der Waals surface area (Å²) in [5.74, 6) is 0. The lowest BCUT2D eigenvalue weighted by Crippen LogP contribution is -2.51. The predicted molar refractivity (Wildman–Crippen MR) is 184 cm³/mol. The first-order valence-corrected chi connectivity index (χ1v) is 16.3. The van der Waals surface area contributed by atoms with Gasteiger partial charge in [0.05, 0.1) is 12.4 Å². The summed E-state index contributed by atoms with van der Waals surface area (Å²) in [7, 11) is 0. The lowest BCUT2D eigenvalue weighted by molar-refractivity contribution is -0.500. The van der Waals surface area contributed by atoms with Crippen LogP contribution in [0.5, 0.6) is 0 Å². The Morgan fingerprint density at radius 3 is 2.52 bits per heavy atom. The standard InChI is InChI=1S/C38H34N10/c1-41-36-26-45(30-12-6-3-7-13-30)28-48(36)37-33-14-8-9-15-35(33)47-25-32(23-40)46-21-19-42(17-16-34(37)38(46)47)18-20-43-27-44(24-31(43)22-39)29-10-4-2-5-11-29/h2-15,24-26,38H,16-21,27-28H2/q-2. The van der Waals surface area contributed by atoms with Crippen molar-refractivity contribution in [3.63, 3.8) is 0 Å². The predicted octanol–water partition coefficient (Wildman–Crippen LogP) is 4.70. The molecule has 238 valence electrons. The van der Waals surface area contributed by atoms with E-state index in [1.54, 1.807) is 0 Å². The van der Waals surface area contributed by atoms with Gasteiger partial charge in [-0.05, 0) is 30.2 Å². The zero-order valence-corrected chi connectivity index (χ0v) is 26.5. The summed E-state index contributed by atoms with van der Waals surface area (Å²) in [6.45, 7) is 13.2. The number of hydrogen-bond acceptors (Lipinski definition) is 8. The first kappa shape index (κ1) is 29.3. The molecule has 48 heavy (non-hydrogen) atoms. The van der Waals surface area contributed by atoms with Gasteiger partial charge in [0.15, 0.2) is 6.67 Å². The van der Waals surface area contributed by atoms with Crippen LogP contribution in [0.3, 0.4) is 0 Å². The molecule has 0 bridgehead atoms. The Kier molecular flexibility index (Phi) is 7.45. The molecular weight excluding hydrogens is 596 g/mol. The first-order valence-electron chi connectivity index (χ1n) is 16.3. The van der Waals surface area contributed by atoms with Gasteiger partial charge in [-0.15, -0.1) is 0 Å². The zero-order valence-electron chi connectivity index (χ0n) is 26.5. The third kappa shape index (κ3) is 4.98. The van der Waals surface area contributed by atoms with E-state index in [1.807, 2.05) is 61.5 Å². The minimum Gasteiger partial charge on any atom is -0.437 e. The van der Waals surface area contributed by atoms with Gasteiger partial charge in [-0.1, -0.05) is 36.4 Å². The molecule has 10 heteroatoms. The van der Waals surface area contributed by atoms with E-state index in [-0.39, 0.29) is 6.17 Å². The molecule has 1 fully saturated rings. The third-order valence-electron chi connectivity index (χ3n) is 9.80. The number of hydrogen-bond donors (Lipinski definition) is 0. The Labute approximate surface area is 282 Å². The quantitative estimate of drug-likeness (QED) is 0.336. The van der Waals surface area contributed by atoms with Gasteiger partial charge in [0.25, 0.3) is 0 Å². The number of allylic oxidation sites excluding steroid dienone is 4. The van der Waals surface area contributed by atoms with Crippen molar-refractivity contribution in [1.29, 1.82) is 10.5 Å². The van der Waals surface area contributed by atoms with Gasteiger partial charge in [0, 0.05) is 74.3 Å². The molecule has 6 aliphatic rings. The number of rotatable bonds is 6. The molecule has 1 aliphatic carbocycles. The first-order chi connectivity index (χ1) is 23.7. The van der Waals surface area contributed by atoms with Gasteiger partial charge in [-0.25, -0.2) is 12.2 Å². The molecule has 0 amide bonds. The number of anilines is 2. The molecule has 0 radical (unpaired) electrons. The van der Waals surface area contributed by atoms with Crippen molar-refractivity contribution in [2.45, 2.75) is 12.6 Å². The van der Waals surface area contributed by atoms with Crippen molar-refractivity contribution < 1.29 is 4.58 Å². The van der Waals surface area contributed by atoms with Crippen LogP contribution in [0.25, 0.3) is 10.5 Å². The molecule has 0 spiro atoms. The van der Waals surface area contributed by atoms with Crippen LogP contribution in [0.1, 0.15) is 12.0 Å². The Morgan fingerprint density at radius 2 is 1.73 bits per heavy atom. The normalized spacial score (nSPS) is 21.5. The fourth-order valence-corrected chi connectivity index (χ4v) is 7.46. The van der Waals surface area contributed by atoms with Gasteiger partial charge in [0.1, 0.15) is 35.9 Å². The Balaban J connectivity index is 1.10.